The van der Waals surface area contributed by atoms with Gasteiger partial charge >= 0.3 is 6.03 Å². The van der Waals surface area contributed by atoms with Crippen LogP contribution in [0.4, 0.5) is 10.5 Å². The largest absolute Gasteiger partial charge is 0.495 e. The molecule has 1 aromatic carbocycles. The fourth-order valence-electron chi connectivity index (χ4n) is 1.56. The Morgan fingerprint density at radius 2 is 1.95 bits per heavy atom. The van der Waals surface area contributed by atoms with Crippen molar-refractivity contribution in [2.45, 2.75) is 33.7 Å². The average molecular weight is 329 g/mol. The molecule has 0 fully saturated rings. The second-order valence-electron chi connectivity index (χ2n) is 4.93. The number of benzene rings is 1. The van der Waals surface area contributed by atoms with Crippen molar-refractivity contribution >= 4 is 27.6 Å². The van der Waals surface area contributed by atoms with Crippen LogP contribution in [0, 0.1) is 12.8 Å². The second kappa shape index (κ2) is 6.80. The number of ether oxygens (including phenoxy) is 1. The van der Waals surface area contributed by atoms with Crippen LogP contribution < -0.4 is 15.4 Å². The Labute approximate surface area is 123 Å². The lowest BCUT2D eigenvalue weighted by Crippen LogP contribution is -2.39. The summed E-state index contributed by atoms with van der Waals surface area (Å²) >= 11 is 3.41. The average Bonchev–Trinajstić information content (AvgIpc) is 2.31. The van der Waals surface area contributed by atoms with Crippen LogP contribution in [0.1, 0.15) is 26.3 Å². The predicted molar refractivity (Wildman–Crippen MR) is 81.9 cm³/mol. The van der Waals surface area contributed by atoms with Crippen LogP contribution in [0.5, 0.6) is 5.75 Å². The van der Waals surface area contributed by atoms with Crippen molar-refractivity contribution in [2.24, 2.45) is 5.92 Å². The third-order valence-corrected chi connectivity index (χ3v) is 3.54. The van der Waals surface area contributed by atoms with Gasteiger partial charge in [-0.25, -0.2) is 4.79 Å². The van der Waals surface area contributed by atoms with Crippen molar-refractivity contribution < 1.29 is 9.53 Å². The lowest BCUT2D eigenvalue weighted by atomic mass is 10.1. The maximum absolute atomic E-state index is 11.9. The minimum Gasteiger partial charge on any atom is -0.495 e. The van der Waals surface area contributed by atoms with Crippen molar-refractivity contribution in [2.75, 3.05) is 12.4 Å². The lowest BCUT2D eigenvalue weighted by Gasteiger charge is -2.19. The summed E-state index contributed by atoms with van der Waals surface area (Å²) in [6.07, 6.45) is 0. The molecule has 0 heterocycles. The molecule has 0 radical (unpaired) electrons. The van der Waals surface area contributed by atoms with Gasteiger partial charge < -0.3 is 15.4 Å². The van der Waals surface area contributed by atoms with Gasteiger partial charge in [-0.1, -0.05) is 29.8 Å². The number of halogens is 1. The Morgan fingerprint density at radius 1 is 1.32 bits per heavy atom. The Kier molecular flexibility index (Phi) is 5.66. The number of methoxy groups -OCH3 is 1. The van der Waals surface area contributed by atoms with Crippen LogP contribution in [0.15, 0.2) is 16.6 Å². The number of rotatable bonds is 4. The zero-order valence-electron chi connectivity index (χ0n) is 12.0. The molecular weight excluding hydrogens is 308 g/mol. The molecule has 0 aromatic heterocycles. The summed E-state index contributed by atoms with van der Waals surface area (Å²) in [5.41, 5.74) is 1.64. The van der Waals surface area contributed by atoms with Gasteiger partial charge in [-0.05, 0) is 37.5 Å². The maximum Gasteiger partial charge on any atom is 0.319 e. The van der Waals surface area contributed by atoms with Crippen molar-refractivity contribution in [3.05, 3.63) is 22.2 Å². The van der Waals surface area contributed by atoms with E-state index in [0.717, 1.165) is 10.0 Å². The molecule has 0 saturated carbocycles. The number of anilines is 1. The van der Waals surface area contributed by atoms with Gasteiger partial charge in [-0.3, -0.25) is 0 Å². The molecule has 1 rings (SSSR count). The fourth-order valence-corrected chi connectivity index (χ4v) is 2.11. The zero-order valence-corrected chi connectivity index (χ0v) is 13.6. The van der Waals surface area contributed by atoms with E-state index in [9.17, 15) is 4.79 Å². The first kappa shape index (κ1) is 15.8. The normalized spacial score (nSPS) is 12.2. The summed E-state index contributed by atoms with van der Waals surface area (Å²) in [6, 6.07) is 3.66. The summed E-state index contributed by atoms with van der Waals surface area (Å²) in [5, 5.41) is 5.75. The molecule has 1 aromatic rings. The fraction of sp³-hybridized carbons (Fsp3) is 0.500. The van der Waals surface area contributed by atoms with E-state index in [1.165, 1.54) is 0 Å². The van der Waals surface area contributed by atoms with E-state index in [1.54, 1.807) is 7.11 Å². The molecule has 1 atom stereocenters. The Balaban J connectivity index is 2.85. The van der Waals surface area contributed by atoms with Gasteiger partial charge in [0.25, 0.3) is 0 Å². The molecular formula is C14H21BrN2O2. The summed E-state index contributed by atoms with van der Waals surface area (Å²) in [4.78, 5) is 11.9. The quantitative estimate of drug-likeness (QED) is 0.879. The van der Waals surface area contributed by atoms with Crippen molar-refractivity contribution in [3.8, 4) is 5.75 Å². The van der Waals surface area contributed by atoms with E-state index >= 15 is 0 Å². The monoisotopic (exact) mass is 328 g/mol. The van der Waals surface area contributed by atoms with Gasteiger partial charge in [-0.15, -0.1) is 0 Å². The summed E-state index contributed by atoms with van der Waals surface area (Å²) < 4.78 is 6.21. The van der Waals surface area contributed by atoms with Gasteiger partial charge in [0.05, 0.1) is 12.8 Å². The minimum atomic E-state index is -0.218. The highest BCUT2D eigenvalue weighted by Gasteiger charge is 2.14. The first-order chi connectivity index (χ1) is 8.85. The number of hydrogen-bond donors (Lipinski definition) is 2. The molecule has 0 aliphatic carbocycles. The number of carbonyl (C=O) groups excluding carboxylic acids is 1. The highest BCUT2D eigenvalue weighted by molar-refractivity contribution is 9.10. The SMILES string of the molecule is COc1cc(Br)cc(C)c1NC(=O)NC(C)C(C)C. The molecule has 0 aliphatic heterocycles. The molecule has 19 heavy (non-hydrogen) atoms. The summed E-state index contributed by atoms with van der Waals surface area (Å²) in [5.74, 6) is 1.03. The first-order valence-electron chi connectivity index (χ1n) is 6.26. The Bertz CT molecular complexity index is 461. The molecule has 5 heteroatoms. The van der Waals surface area contributed by atoms with Gasteiger partial charge in [0.1, 0.15) is 5.75 Å². The van der Waals surface area contributed by atoms with Crippen molar-refractivity contribution in [1.82, 2.24) is 5.32 Å². The molecule has 0 saturated heterocycles. The zero-order chi connectivity index (χ0) is 14.6. The van der Waals surface area contributed by atoms with Gasteiger partial charge in [0.15, 0.2) is 0 Å². The standard InChI is InChI=1S/C14H21BrN2O2/c1-8(2)10(4)16-14(18)17-13-9(3)6-11(15)7-12(13)19-5/h6-8,10H,1-5H3,(H2,16,17,18). The van der Waals surface area contributed by atoms with Crippen LogP contribution in [-0.4, -0.2) is 19.2 Å². The molecule has 106 valence electrons. The maximum atomic E-state index is 11.9. The van der Waals surface area contributed by atoms with Gasteiger partial charge in [0, 0.05) is 10.5 Å². The smallest absolute Gasteiger partial charge is 0.319 e. The Morgan fingerprint density at radius 3 is 2.47 bits per heavy atom. The second-order valence-corrected chi connectivity index (χ2v) is 5.85. The number of amides is 2. The summed E-state index contributed by atoms with van der Waals surface area (Å²) in [6.45, 7) is 8.04. The minimum absolute atomic E-state index is 0.113. The molecule has 1 unspecified atom stereocenters. The third-order valence-electron chi connectivity index (χ3n) is 3.08. The number of hydrogen-bond acceptors (Lipinski definition) is 2. The van der Waals surface area contributed by atoms with E-state index in [-0.39, 0.29) is 12.1 Å². The molecule has 2 amide bonds. The van der Waals surface area contributed by atoms with E-state index in [1.807, 2.05) is 26.0 Å². The number of carbonyl (C=O) groups is 1. The number of nitrogens with one attached hydrogen (secondary N) is 2. The van der Waals surface area contributed by atoms with Crippen LogP contribution >= 0.6 is 15.9 Å². The molecule has 4 nitrogen and oxygen atoms in total. The first-order valence-corrected chi connectivity index (χ1v) is 7.06. The van der Waals surface area contributed by atoms with Gasteiger partial charge in [-0.2, -0.15) is 0 Å². The van der Waals surface area contributed by atoms with Crippen molar-refractivity contribution in [1.29, 1.82) is 0 Å². The topological polar surface area (TPSA) is 50.4 Å². The highest BCUT2D eigenvalue weighted by Crippen LogP contribution is 2.31. The number of aryl methyl sites for hydroxylation is 1. The van der Waals surface area contributed by atoms with E-state index < -0.39 is 0 Å². The van der Waals surface area contributed by atoms with Crippen LogP contribution in [-0.2, 0) is 0 Å². The van der Waals surface area contributed by atoms with Crippen LogP contribution in [0.2, 0.25) is 0 Å². The van der Waals surface area contributed by atoms with Crippen LogP contribution in [0.25, 0.3) is 0 Å². The van der Waals surface area contributed by atoms with Crippen molar-refractivity contribution in [3.63, 3.8) is 0 Å². The van der Waals surface area contributed by atoms with E-state index in [2.05, 4.69) is 40.4 Å². The molecule has 2 N–H and O–H groups in total. The lowest BCUT2D eigenvalue weighted by molar-refractivity contribution is 0.246. The molecule has 0 aliphatic rings. The summed E-state index contributed by atoms with van der Waals surface area (Å²) in [7, 11) is 1.58. The van der Waals surface area contributed by atoms with Crippen LogP contribution in [0.3, 0.4) is 0 Å². The third kappa shape index (κ3) is 4.42. The highest BCUT2D eigenvalue weighted by atomic mass is 79.9. The van der Waals surface area contributed by atoms with E-state index in [0.29, 0.717) is 17.4 Å². The molecule has 0 spiro atoms. The number of urea groups is 1. The van der Waals surface area contributed by atoms with Gasteiger partial charge in [0.2, 0.25) is 0 Å². The van der Waals surface area contributed by atoms with E-state index in [4.69, 9.17) is 4.74 Å². The predicted octanol–water partition coefficient (Wildman–Crippen LogP) is 3.93. The Hall–Kier alpha value is -1.23. The molecule has 0 bridgehead atoms.